The Morgan fingerprint density at radius 3 is 2.09 bits per heavy atom. The van der Waals surface area contributed by atoms with Crippen molar-refractivity contribution in [1.82, 2.24) is 5.32 Å². The number of aryl methyl sites for hydroxylation is 1. The summed E-state index contributed by atoms with van der Waals surface area (Å²) >= 11 is 0.999. The van der Waals surface area contributed by atoms with E-state index in [4.69, 9.17) is 9.47 Å². The lowest BCUT2D eigenvalue weighted by Gasteiger charge is -2.28. The van der Waals surface area contributed by atoms with E-state index in [1.54, 1.807) is 62.3 Å². The minimum Gasteiger partial charge on any atom is -0.458 e. The van der Waals surface area contributed by atoms with Crippen LogP contribution in [0.3, 0.4) is 0 Å². The van der Waals surface area contributed by atoms with Gasteiger partial charge in [0, 0.05) is 23.3 Å². The maximum absolute atomic E-state index is 12.9. The van der Waals surface area contributed by atoms with Crippen LogP contribution in [-0.4, -0.2) is 45.9 Å². The molecule has 0 saturated carbocycles. The van der Waals surface area contributed by atoms with Gasteiger partial charge in [0.15, 0.2) is 0 Å². The summed E-state index contributed by atoms with van der Waals surface area (Å²) in [4.78, 5) is 48.8. The molecule has 1 rings (SSSR count). The van der Waals surface area contributed by atoms with Crippen LogP contribution in [0.1, 0.15) is 61.0 Å². The van der Waals surface area contributed by atoms with Crippen LogP contribution in [0, 0.1) is 23.0 Å². The van der Waals surface area contributed by atoms with Crippen LogP contribution in [0.5, 0.6) is 0 Å². The van der Waals surface area contributed by atoms with Crippen LogP contribution >= 0.6 is 11.9 Å². The highest BCUT2D eigenvalue weighted by Gasteiger charge is 2.31. The Labute approximate surface area is 205 Å². The van der Waals surface area contributed by atoms with Crippen molar-refractivity contribution in [2.45, 2.75) is 79.6 Å². The predicted molar refractivity (Wildman–Crippen MR) is 132 cm³/mol. The van der Waals surface area contributed by atoms with Crippen LogP contribution in [-0.2, 0) is 19.1 Å². The first-order valence-electron chi connectivity index (χ1n) is 10.9. The lowest BCUT2D eigenvalue weighted by molar-refractivity contribution is -0.385. The third-order valence-electron chi connectivity index (χ3n) is 4.06. The van der Waals surface area contributed by atoms with Gasteiger partial charge in [-0.15, -0.1) is 0 Å². The van der Waals surface area contributed by atoms with E-state index in [-0.39, 0.29) is 23.3 Å². The third kappa shape index (κ3) is 9.58. The standard InChI is InChI=1S/C23H35N3O7S/c1-14(2)19(27)25(16-10-11-18(26(30)31)15(3)12-16)34-13-17(20(28)32-22(4,5)6)24-21(29)33-23(7,8)9/h10-12,14,17H,13H2,1-9H3,(H,24,29). The van der Waals surface area contributed by atoms with Gasteiger partial charge in [0.1, 0.15) is 17.2 Å². The molecular formula is C23H35N3O7S. The van der Waals surface area contributed by atoms with Crippen molar-refractivity contribution in [3.63, 3.8) is 0 Å². The molecule has 34 heavy (non-hydrogen) atoms. The third-order valence-corrected chi connectivity index (χ3v) is 5.19. The van der Waals surface area contributed by atoms with E-state index in [0.29, 0.717) is 11.3 Å². The molecule has 2 amide bonds. The molecule has 1 aromatic carbocycles. The molecule has 0 saturated heterocycles. The highest BCUT2D eigenvalue weighted by atomic mass is 32.2. The SMILES string of the molecule is Cc1cc(N(SCC(NC(=O)OC(C)(C)C)C(=O)OC(C)(C)C)C(=O)C(C)C)ccc1[N+](=O)[O-]. The Balaban J connectivity index is 3.21. The number of benzene rings is 1. The molecule has 0 bridgehead atoms. The molecule has 10 nitrogen and oxygen atoms in total. The van der Waals surface area contributed by atoms with E-state index in [0.717, 1.165) is 11.9 Å². The van der Waals surface area contributed by atoms with Crippen molar-refractivity contribution in [2.24, 2.45) is 5.92 Å². The van der Waals surface area contributed by atoms with Crippen LogP contribution < -0.4 is 9.62 Å². The molecule has 0 aromatic heterocycles. The summed E-state index contributed by atoms with van der Waals surface area (Å²) in [7, 11) is 0. The number of esters is 1. The molecule has 11 heteroatoms. The number of hydrogen-bond donors (Lipinski definition) is 1. The molecule has 0 aliphatic rings. The molecule has 1 N–H and O–H groups in total. The number of ether oxygens (including phenoxy) is 2. The average Bonchev–Trinajstić information content (AvgIpc) is 2.63. The molecule has 0 fully saturated rings. The monoisotopic (exact) mass is 497 g/mol. The maximum atomic E-state index is 12.9. The Hall–Kier alpha value is -2.82. The molecule has 1 unspecified atom stereocenters. The zero-order valence-corrected chi connectivity index (χ0v) is 22.1. The zero-order chi connectivity index (χ0) is 26.4. The highest BCUT2D eigenvalue weighted by molar-refractivity contribution is 8.01. The van der Waals surface area contributed by atoms with E-state index < -0.39 is 34.2 Å². The summed E-state index contributed by atoms with van der Waals surface area (Å²) in [6.07, 6.45) is -0.795. The number of nitro groups is 1. The summed E-state index contributed by atoms with van der Waals surface area (Å²) in [6.45, 7) is 15.2. The summed E-state index contributed by atoms with van der Waals surface area (Å²) in [6, 6.07) is 3.23. The number of nitrogens with zero attached hydrogens (tertiary/aromatic N) is 2. The quantitative estimate of drug-likeness (QED) is 0.235. The van der Waals surface area contributed by atoms with Gasteiger partial charge in [-0.3, -0.25) is 19.2 Å². The summed E-state index contributed by atoms with van der Waals surface area (Å²) in [5.41, 5.74) is -0.819. The van der Waals surface area contributed by atoms with E-state index in [1.165, 1.54) is 22.5 Å². The second-order valence-corrected chi connectivity index (χ2v) is 11.0. The van der Waals surface area contributed by atoms with Gasteiger partial charge >= 0.3 is 12.1 Å². The maximum Gasteiger partial charge on any atom is 0.408 e. The Morgan fingerprint density at radius 1 is 1.09 bits per heavy atom. The fraction of sp³-hybridized carbons (Fsp3) is 0.609. The van der Waals surface area contributed by atoms with Gasteiger partial charge in [0.2, 0.25) is 5.91 Å². The first-order valence-corrected chi connectivity index (χ1v) is 11.8. The van der Waals surface area contributed by atoms with Crippen LogP contribution in [0.4, 0.5) is 16.2 Å². The summed E-state index contributed by atoms with van der Waals surface area (Å²) in [5, 5.41) is 13.7. The van der Waals surface area contributed by atoms with E-state index >= 15 is 0 Å². The molecule has 1 atom stereocenters. The van der Waals surface area contributed by atoms with Gasteiger partial charge in [-0.1, -0.05) is 13.8 Å². The van der Waals surface area contributed by atoms with E-state index in [2.05, 4.69) is 5.32 Å². The lowest BCUT2D eigenvalue weighted by Crippen LogP contribution is -2.48. The first-order chi connectivity index (χ1) is 15.4. The number of amides is 2. The Morgan fingerprint density at radius 2 is 1.65 bits per heavy atom. The molecule has 0 spiro atoms. The van der Waals surface area contributed by atoms with Gasteiger partial charge in [0.25, 0.3) is 5.69 Å². The molecule has 0 aliphatic heterocycles. The van der Waals surface area contributed by atoms with Gasteiger partial charge in [-0.05, 0) is 72.5 Å². The molecule has 0 radical (unpaired) electrons. The van der Waals surface area contributed by atoms with Gasteiger partial charge in [-0.25, -0.2) is 9.59 Å². The lowest BCUT2D eigenvalue weighted by atomic mass is 10.1. The largest absolute Gasteiger partial charge is 0.458 e. The van der Waals surface area contributed by atoms with Crippen molar-refractivity contribution < 1.29 is 28.8 Å². The number of carbonyl (C=O) groups is 3. The van der Waals surface area contributed by atoms with E-state index in [1.807, 2.05) is 0 Å². The Bertz CT molecular complexity index is 920. The minimum atomic E-state index is -1.11. The number of nitrogens with one attached hydrogen (secondary N) is 1. The van der Waals surface area contributed by atoms with Crippen molar-refractivity contribution >= 4 is 41.3 Å². The first kappa shape index (κ1) is 29.2. The molecule has 190 valence electrons. The minimum absolute atomic E-state index is 0.0390. The molecule has 0 heterocycles. The fourth-order valence-electron chi connectivity index (χ4n) is 2.61. The van der Waals surface area contributed by atoms with Crippen molar-refractivity contribution in [2.75, 3.05) is 10.1 Å². The number of rotatable bonds is 8. The van der Waals surface area contributed by atoms with Crippen molar-refractivity contribution in [3.8, 4) is 0 Å². The number of hydrogen-bond acceptors (Lipinski definition) is 8. The number of alkyl carbamates (subject to hydrolysis) is 1. The van der Waals surface area contributed by atoms with E-state index in [9.17, 15) is 24.5 Å². The van der Waals surface area contributed by atoms with Gasteiger partial charge in [-0.2, -0.15) is 0 Å². The van der Waals surface area contributed by atoms with Gasteiger partial charge < -0.3 is 14.8 Å². The number of carbonyl (C=O) groups excluding carboxylic acids is 3. The van der Waals surface area contributed by atoms with Crippen molar-refractivity contribution in [3.05, 3.63) is 33.9 Å². The summed E-state index contributed by atoms with van der Waals surface area (Å²) in [5.74, 6) is -1.37. The molecule has 0 aliphatic carbocycles. The molecular weight excluding hydrogens is 462 g/mol. The smallest absolute Gasteiger partial charge is 0.408 e. The van der Waals surface area contributed by atoms with Crippen LogP contribution in [0.2, 0.25) is 0 Å². The second-order valence-electron chi connectivity index (χ2n) is 10.0. The number of nitro benzene ring substituents is 1. The zero-order valence-electron chi connectivity index (χ0n) is 21.3. The van der Waals surface area contributed by atoms with Crippen LogP contribution in [0.25, 0.3) is 0 Å². The normalized spacial score (nSPS) is 12.6. The fourth-order valence-corrected chi connectivity index (χ4v) is 3.73. The van der Waals surface area contributed by atoms with Gasteiger partial charge in [0.05, 0.1) is 10.6 Å². The summed E-state index contributed by atoms with van der Waals surface area (Å²) < 4.78 is 12.1. The average molecular weight is 498 g/mol. The number of anilines is 1. The molecule has 1 aromatic rings. The van der Waals surface area contributed by atoms with Crippen molar-refractivity contribution in [1.29, 1.82) is 0 Å². The topological polar surface area (TPSA) is 128 Å². The predicted octanol–water partition coefficient (Wildman–Crippen LogP) is 4.78. The highest BCUT2D eigenvalue weighted by Crippen LogP contribution is 2.30. The Kier molecular flexibility index (Phi) is 9.92. The van der Waals surface area contributed by atoms with Crippen LogP contribution in [0.15, 0.2) is 18.2 Å². The second kappa shape index (κ2) is 11.5.